The van der Waals surface area contributed by atoms with Crippen LogP contribution < -0.4 is 10.7 Å². The van der Waals surface area contributed by atoms with Crippen molar-refractivity contribution in [2.75, 3.05) is 19.6 Å². The molecular formula is C12H13N5O2S. The molecule has 0 bridgehead atoms. The summed E-state index contributed by atoms with van der Waals surface area (Å²) in [7, 11) is 0. The molecule has 0 atom stereocenters. The van der Waals surface area contributed by atoms with Crippen LogP contribution in [0.2, 0.25) is 0 Å². The Morgan fingerprint density at radius 2 is 2.55 bits per heavy atom. The molecule has 2 aromatic heterocycles. The Labute approximate surface area is 119 Å². The Morgan fingerprint density at radius 1 is 1.60 bits per heavy atom. The number of rotatable bonds is 5. The Morgan fingerprint density at radius 3 is 3.30 bits per heavy atom. The topological polar surface area (TPSA) is 82.8 Å². The van der Waals surface area contributed by atoms with Crippen molar-refractivity contribution in [1.29, 1.82) is 0 Å². The zero-order valence-electron chi connectivity index (χ0n) is 10.6. The summed E-state index contributed by atoms with van der Waals surface area (Å²) in [5.41, 5.74) is 3.30. The van der Waals surface area contributed by atoms with Gasteiger partial charge in [0, 0.05) is 18.8 Å². The van der Waals surface area contributed by atoms with Crippen LogP contribution in [0.4, 0.5) is 0 Å². The molecule has 2 N–H and O–H groups in total. The highest BCUT2D eigenvalue weighted by Crippen LogP contribution is 2.24. The molecule has 104 valence electrons. The van der Waals surface area contributed by atoms with E-state index < -0.39 is 0 Å². The lowest BCUT2D eigenvalue weighted by Gasteiger charge is -2.13. The van der Waals surface area contributed by atoms with Crippen molar-refractivity contribution < 1.29 is 9.32 Å². The van der Waals surface area contributed by atoms with Gasteiger partial charge in [-0.1, -0.05) is 11.2 Å². The molecular weight excluding hydrogens is 278 g/mol. The zero-order chi connectivity index (χ0) is 13.8. The summed E-state index contributed by atoms with van der Waals surface area (Å²) in [6.45, 7) is 1.80. The van der Waals surface area contributed by atoms with E-state index in [1.807, 2.05) is 17.5 Å². The van der Waals surface area contributed by atoms with Crippen LogP contribution in [0.25, 0.3) is 10.6 Å². The van der Waals surface area contributed by atoms with Crippen LogP contribution in [-0.2, 0) is 0 Å². The van der Waals surface area contributed by atoms with E-state index in [2.05, 4.69) is 21.0 Å². The summed E-state index contributed by atoms with van der Waals surface area (Å²) in [5, 5.41) is 14.2. The predicted molar refractivity (Wildman–Crippen MR) is 75.3 cm³/mol. The number of nitrogens with zero attached hydrogens (tertiary/aromatic N) is 3. The molecule has 0 saturated carbocycles. The van der Waals surface area contributed by atoms with Crippen molar-refractivity contribution in [1.82, 2.24) is 21.0 Å². The second-order valence-corrected chi connectivity index (χ2v) is 5.04. The molecule has 1 aliphatic heterocycles. The van der Waals surface area contributed by atoms with E-state index in [-0.39, 0.29) is 11.6 Å². The molecule has 8 heteroatoms. The highest BCUT2D eigenvalue weighted by molar-refractivity contribution is 7.13. The fourth-order valence-electron chi connectivity index (χ4n) is 1.75. The average molecular weight is 291 g/mol. The SMILES string of the molecule is O=C(NCCN1N=CCN1)c1cc(-c2cccs2)on1. The first kappa shape index (κ1) is 12.8. The first-order valence-corrected chi connectivity index (χ1v) is 7.03. The van der Waals surface area contributed by atoms with Crippen LogP contribution in [0.3, 0.4) is 0 Å². The summed E-state index contributed by atoms with van der Waals surface area (Å²) in [5.74, 6) is 0.357. The van der Waals surface area contributed by atoms with E-state index in [0.29, 0.717) is 18.8 Å². The minimum Gasteiger partial charge on any atom is -0.355 e. The molecule has 0 radical (unpaired) electrons. The Kier molecular flexibility index (Phi) is 3.75. The van der Waals surface area contributed by atoms with Crippen LogP contribution in [0, 0.1) is 0 Å². The van der Waals surface area contributed by atoms with Gasteiger partial charge in [0.2, 0.25) is 0 Å². The van der Waals surface area contributed by atoms with E-state index in [9.17, 15) is 4.79 Å². The fraction of sp³-hybridized carbons (Fsp3) is 0.250. The molecule has 0 saturated heterocycles. The summed E-state index contributed by atoms with van der Waals surface area (Å²) in [6, 6.07) is 5.49. The number of thiophene rings is 1. The smallest absolute Gasteiger partial charge is 0.273 e. The number of hydrazone groups is 1. The summed E-state index contributed by atoms with van der Waals surface area (Å²) in [6.07, 6.45) is 1.77. The maximum absolute atomic E-state index is 11.9. The number of carbonyl (C=O) groups excluding carboxylic acids is 1. The Bertz CT molecular complexity index is 607. The minimum atomic E-state index is -0.250. The molecule has 2 aromatic rings. The van der Waals surface area contributed by atoms with E-state index in [0.717, 1.165) is 11.4 Å². The lowest BCUT2D eigenvalue weighted by Crippen LogP contribution is -2.37. The highest BCUT2D eigenvalue weighted by Gasteiger charge is 2.14. The molecule has 1 aliphatic rings. The van der Waals surface area contributed by atoms with Crippen LogP contribution >= 0.6 is 11.3 Å². The van der Waals surface area contributed by atoms with Gasteiger partial charge in [0.05, 0.1) is 18.0 Å². The van der Waals surface area contributed by atoms with Crippen molar-refractivity contribution >= 4 is 23.5 Å². The van der Waals surface area contributed by atoms with E-state index >= 15 is 0 Å². The van der Waals surface area contributed by atoms with Gasteiger partial charge in [0.25, 0.3) is 5.91 Å². The number of amides is 1. The maximum Gasteiger partial charge on any atom is 0.273 e. The monoisotopic (exact) mass is 291 g/mol. The van der Waals surface area contributed by atoms with Crippen molar-refractivity contribution in [2.24, 2.45) is 5.10 Å². The second kappa shape index (κ2) is 5.85. The van der Waals surface area contributed by atoms with E-state index in [1.165, 1.54) is 11.3 Å². The summed E-state index contributed by atoms with van der Waals surface area (Å²) < 4.78 is 5.16. The van der Waals surface area contributed by atoms with Crippen LogP contribution in [0.1, 0.15) is 10.5 Å². The first-order chi connectivity index (χ1) is 9.83. The van der Waals surface area contributed by atoms with Crippen molar-refractivity contribution in [3.05, 3.63) is 29.3 Å². The lowest BCUT2D eigenvalue weighted by atomic mass is 10.3. The Balaban J connectivity index is 1.53. The molecule has 0 spiro atoms. The number of aromatic nitrogens is 1. The number of nitrogens with one attached hydrogen (secondary N) is 2. The second-order valence-electron chi connectivity index (χ2n) is 4.09. The summed E-state index contributed by atoms with van der Waals surface area (Å²) >= 11 is 1.54. The van der Waals surface area contributed by atoms with Gasteiger partial charge in [-0.2, -0.15) is 5.10 Å². The van der Waals surface area contributed by atoms with Gasteiger partial charge in [-0.25, -0.2) is 10.5 Å². The van der Waals surface area contributed by atoms with Gasteiger partial charge in [-0.3, -0.25) is 4.79 Å². The van der Waals surface area contributed by atoms with Crippen LogP contribution in [0.15, 0.2) is 33.2 Å². The molecule has 1 amide bonds. The van der Waals surface area contributed by atoms with Gasteiger partial charge >= 0.3 is 0 Å². The van der Waals surface area contributed by atoms with Crippen LogP contribution in [0.5, 0.6) is 0 Å². The standard InChI is InChI=1S/C12H13N5O2S/c18-12(13-5-6-17-14-3-4-15-17)9-8-10(19-16-9)11-2-1-7-20-11/h1-3,7-8,15H,4-6H2,(H,13,18). The summed E-state index contributed by atoms with van der Waals surface area (Å²) in [4.78, 5) is 12.8. The van der Waals surface area contributed by atoms with Gasteiger partial charge < -0.3 is 9.84 Å². The molecule has 0 aromatic carbocycles. The van der Waals surface area contributed by atoms with Gasteiger partial charge in [-0.05, 0) is 11.4 Å². The zero-order valence-corrected chi connectivity index (χ0v) is 11.4. The predicted octanol–water partition coefficient (Wildman–Crippen LogP) is 0.939. The third-order valence-corrected chi connectivity index (χ3v) is 3.59. The molecule has 3 rings (SSSR count). The van der Waals surface area contributed by atoms with Gasteiger partial charge in [0.1, 0.15) is 0 Å². The van der Waals surface area contributed by atoms with Crippen molar-refractivity contribution in [3.8, 4) is 10.6 Å². The number of hydrazine groups is 1. The number of hydrogen-bond acceptors (Lipinski definition) is 7. The van der Waals surface area contributed by atoms with E-state index in [1.54, 1.807) is 17.4 Å². The average Bonchev–Trinajstić information content (AvgIpc) is 3.20. The normalized spacial score (nSPS) is 13.9. The number of carbonyl (C=O) groups is 1. The molecule has 7 nitrogen and oxygen atoms in total. The van der Waals surface area contributed by atoms with Gasteiger partial charge in [0.15, 0.2) is 11.5 Å². The van der Waals surface area contributed by atoms with Crippen molar-refractivity contribution in [3.63, 3.8) is 0 Å². The Hall–Kier alpha value is -2.19. The lowest BCUT2D eigenvalue weighted by molar-refractivity contribution is 0.0936. The van der Waals surface area contributed by atoms with Crippen LogP contribution in [-0.4, -0.2) is 42.0 Å². The molecule has 3 heterocycles. The molecule has 0 fully saturated rings. The quantitative estimate of drug-likeness (QED) is 0.856. The minimum absolute atomic E-state index is 0.250. The van der Waals surface area contributed by atoms with Crippen molar-refractivity contribution in [2.45, 2.75) is 0 Å². The third-order valence-electron chi connectivity index (χ3n) is 2.70. The first-order valence-electron chi connectivity index (χ1n) is 6.15. The molecule has 20 heavy (non-hydrogen) atoms. The fourth-order valence-corrected chi connectivity index (χ4v) is 2.42. The highest BCUT2D eigenvalue weighted by atomic mass is 32.1. The van der Waals surface area contributed by atoms with E-state index in [4.69, 9.17) is 4.52 Å². The molecule has 0 aliphatic carbocycles. The van der Waals surface area contributed by atoms with Gasteiger partial charge in [-0.15, -0.1) is 11.3 Å². The largest absolute Gasteiger partial charge is 0.355 e. The molecule has 0 unspecified atom stereocenters. The maximum atomic E-state index is 11.9. The third kappa shape index (κ3) is 2.86. The number of hydrogen-bond donors (Lipinski definition) is 2.